The van der Waals surface area contributed by atoms with Crippen LogP contribution in [0.5, 0.6) is 0 Å². The molecule has 2 N–H and O–H groups in total. The molecule has 0 fully saturated rings. The first-order valence-electron chi connectivity index (χ1n) is 8.83. The van der Waals surface area contributed by atoms with Crippen LogP contribution in [0.4, 0.5) is 0 Å². The lowest BCUT2D eigenvalue weighted by atomic mass is 9.84. The zero-order chi connectivity index (χ0) is 19.1. The summed E-state index contributed by atoms with van der Waals surface area (Å²) in [7, 11) is -2.94. The Morgan fingerprint density at radius 2 is 1.81 bits per heavy atom. The van der Waals surface area contributed by atoms with Gasteiger partial charge in [0.05, 0.1) is 12.3 Å². The Labute approximate surface area is 176 Å². The van der Waals surface area contributed by atoms with Crippen molar-refractivity contribution in [3.05, 3.63) is 35.4 Å². The largest absolute Gasteiger partial charge is 0.357 e. The second-order valence-electron chi connectivity index (χ2n) is 7.41. The van der Waals surface area contributed by atoms with Gasteiger partial charge in [-0.25, -0.2) is 8.42 Å². The van der Waals surface area contributed by atoms with Gasteiger partial charge in [0.25, 0.3) is 0 Å². The predicted molar refractivity (Wildman–Crippen MR) is 123 cm³/mol. The van der Waals surface area contributed by atoms with Crippen molar-refractivity contribution in [1.82, 2.24) is 10.6 Å². The van der Waals surface area contributed by atoms with Crippen LogP contribution < -0.4 is 10.6 Å². The average molecular weight is 495 g/mol. The normalized spacial score (nSPS) is 13.7. The summed E-state index contributed by atoms with van der Waals surface area (Å²) < 4.78 is 22.6. The van der Waals surface area contributed by atoms with Crippen molar-refractivity contribution in [2.24, 2.45) is 4.99 Å². The second-order valence-corrected chi connectivity index (χ2v) is 9.67. The molecule has 0 saturated carbocycles. The molecule has 1 aromatic rings. The van der Waals surface area contributed by atoms with E-state index < -0.39 is 9.84 Å². The predicted octanol–water partition coefficient (Wildman–Crippen LogP) is 3.27. The lowest BCUT2D eigenvalue weighted by Gasteiger charge is -2.25. The fraction of sp³-hybridized carbons (Fsp3) is 0.632. The number of nitrogens with one attached hydrogen (secondary N) is 2. The first kappa shape index (κ1) is 25.2. The van der Waals surface area contributed by atoms with Gasteiger partial charge in [-0.3, -0.25) is 4.99 Å². The zero-order valence-electron chi connectivity index (χ0n) is 16.8. The van der Waals surface area contributed by atoms with Gasteiger partial charge in [-0.05, 0) is 32.8 Å². The number of benzene rings is 1. The molecule has 26 heavy (non-hydrogen) atoms. The van der Waals surface area contributed by atoms with Crippen LogP contribution in [0, 0.1) is 6.92 Å². The van der Waals surface area contributed by atoms with E-state index in [1.807, 2.05) is 13.8 Å². The van der Waals surface area contributed by atoms with E-state index in [2.05, 4.69) is 55.7 Å². The molecule has 1 unspecified atom stereocenters. The minimum absolute atomic E-state index is 0. The molecule has 0 radical (unpaired) electrons. The Morgan fingerprint density at radius 1 is 1.23 bits per heavy atom. The number of nitrogens with zero attached hydrogens (tertiary/aromatic N) is 1. The molecule has 1 aromatic carbocycles. The lowest BCUT2D eigenvalue weighted by Crippen LogP contribution is -2.43. The van der Waals surface area contributed by atoms with Crippen molar-refractivity contribution < 1.29 is 8.42 Å². The highest BCUT2D eigenvalue weighted by atomic mass is 127. The first-order valence-corrected chi connectivity index (χ1v) is 10.9. The van der Waals surface area contributed by atoms with E-state index in [-0.39, 0.29) is 41.2 Å². The number of hydrogen-bond donors (Lipinski definition) is 2. The smallest absolute Gasteiger partial charge is 0.191 e. The molecule has 5 nitrogen and oxygen atoms in total. The standard InChI is InChI=1S/C19H33N3O2S.HI/c1-7-20-18(22-16(3)12-13-25(6,23)24)21-14-19(4,5)17-10-8-15(2)9-11-17;/h8-11,16H,7,12-14H2,1-6H3,(H2,20,21,22);1H. The van der Waals surface area contributed by atoms with Gasteiger partial charge >= 0.3 is 0 Å². The van der Waals surface area contributed by atoms with E-state index in [4.69, 9.17) is 4.99 Å². The maximum absolute atomic E-state index is 11.3. The molecular weight excluding hydrogens is 461 g/mol. The van der Waals surface area contributed by atoms with Crippen LogP contribution in [0.15, 0.2) is 29.3 Å². The minimum Gasteiger partial charge on any atom is -0.357 e. The highest BCUT2D eigenvalue weighted by Gasteiger charge is 2.20. The van der Waals surface area contributed by atoms with Crippen LogP contribution in [0.2, 0.25) is 0 Å². The van der Waals surface area contributed by atoms with Crippen LogP contribution in [-0.2, 0) is 15.3 Å². The summed E-state index contributed by atoms with van der Waals surface area (Å²) >= 11 is 0. The molecule has 0 heterocycles. The van der Waals surface area contributed by atoms with Crippen LogP contribution >= 0.6 is 24.0 Å². The fourth-order valence-electron chi connectivity index (χ4n) is 2.39. The summed E-state index contributed by atoms with van der Waals surface area (Å²) in [6.07, 6.45) is 1.83. The van der Waals surface area contributed by atoms with E-state index >= 15 is 0 Å². The van der Waals surface area contributed by atoms with E-state index in [1.54, 1.807) is 0 Å². The first-order chi connectivity index (χ1) is 11.5. The minimum atomic E-state index is -2.94. The maximum atomic E-state index is 11.3. The number of aryl methyl sites for hydroxylation is 1. The third-order valence-corrected chi connectivity index (χ3v) is 5.09. The highest BCUT2D eigenvalue weighted by Crippen LogP contribution is 2.23. The van der Waals surface area contributed by atoms with Gasteiger partial charge in [-0.15, -0.1) is 24.0 Å². The molecule has 1 atom stereocenters. The average Bonchev–Trinajstić information content (AvgIpc) is 2.51. The van der Waals surface area contributed by atoms with E-state index in [0.717, 1.165) is 12.5 Å². The Hall–Kier alpha value is -0.830. The van der Waals surface area contributed by atoms with Gasteiger partial charge in [0, 0.05) is 24.3 Å². The Morgan fingerprint density at radius 3 is 2.31 bits per heavy atom. The Kier molecular flexibility index (Phi) is 10.8. The van der Waals surface area contributed by atoms with Crippen molar-refractivity contribution in [3.63, 3.8) is 0 Å². The van der Waals surface area contributed by atoms with Crippen molar-refractivity contribution in [1.29, 1.82) is 0 Å². The zero-order valence-corrected chi connectivity index (χ0v) is 19.9. The van der Waals surface area contributed by atoms with E-state index in [9.17, 15) is 8.42 Å². The summed E-state index contributed by atoms with van der Waals surface area (Å²) in [6, 6.07) is 8.59. The summed E-state index contributed by atoms with van der Waals surface area (Å²) in [5.41, 5.74) is 2.42. The van der Waals surface area contributed by atoms with Crippen LogP contribution in [0.1, 0.15) is 45.2 Å². The molecule has 0 aliphatic carbocycles. The molecule has 0 aliphatic heterocycles. The lowest BCUT2D eigenvalue weighted by molar-refractivity contribution is 0.533. The van der Waals surface area contributed by atoms with Gasteiger partial charge in [0.1, 0.15) is 9.84 Å². The van der Waals surface area contributed by atoms with Crippen LogP contribution in [0.3, 0.4) is 0 Å². The Bertz CT molecular complexity index is 671. The van der Waals surface area contributed by atoms with Gasteiger partial charge in [-0.2, -0.15) is 0 Å². The topological polar surface area (TPSA) is 70.6 Å². The van der Waals surface area contributed by atoms with Crippen molar-refractivity contribution in [3.8, 4) is 0 Å². The molecule has 0 aromatic heterocycles. The quantitative estimate of drug-likeness (QED) is 0.330. The molecule has 1 rings (SSSR count). The molecule has 0 spiro atoms. The van der Waals surface area contributed by atoms with Gasteiger partial charge < -0.3 is 10.6 Å². The van der Waals surface area contributed by atoms with E-state index in [0.29, 0.717) is 13.0 Å². The van der Waals surface area contributed by atoms with E-state index in [1.165, 1.54) is 17.4 Å². The number of guanidine groups is 1. The monoisotopic (exact) mass is 495 g/mol. The number of hydrogen-bond acceptors (Lipinski definition) is 3. The summed E-state index contributed by atoms with van der Waals surface area (Å²) in [6.45, 7) is 11.8. The fourth-order valence-corrected chi connectivity index (χ4v) is 3.17. The molecule has 0 amide bonds. The summed E-state index contributed by atoms with van der Waals surface area (Å²) in [4.78, 5) is 4.71. The molecule has 0 bridgehead atoms. The molecular formula is C19H34IN3O2S. The molecule has 0 saturated heterocycles. The van der Waals surface area contributed by atoms with Crippen LogP contribution in [-0.4, -0.2) is 45.5 Å². The Balaban J connectivity index is 0.00000625. The van der Waals surface area contributed by atoms with Gasteiger partial charge in [-0.1, -0.05) is 43.7 Å². The highest BCUT2D eigenvalue weighted by molar-refractivity contribution is 14.0. The molecule has 150 valence electrons. The number of halogens is 1. The SMILES string of the molecule is CCNC(=NCC(C)(C)c1ccc(C)cc1)NC(C)CCS(C)(=O)=O.I. The number of aliphatic imine (C=N–C) groups is 1. The maximum Gasteiger partial charge on any atom is 0.191 e. The van der Waals surface area contributed by atoms with Crippen molar-refractivity contribution >= 4 is 39.8 Å². The van der Waals surface area contributed by atoms with Gasteiger partial charge in [0.15, 0.2) is 5.96 Å². The number of sulfone groups is 1. The second kappa shape index (κ2) is 11.1. The third-order valence-electron chi connectivity index (χ3n) is 4.11. The molecule has 0 aliphatic rings. The van der Waals surface area contributed by atoms with Gasteiger partial charge in [0.2, 0.25) is 0 Å². The number of rotatable bonds is 8. The summed E-state index contributed by atoms with van der Waals surface area (Å²) in [5, 5.41) is 6.53. The van der Waals surface area contributed by atoms with Crippen molar-refractivity contribution in [2.75, 3.05) is 25.1 Å². The van der Waals surface area contributed by atoms with Crippen molar-refractivity contribution in [2.45, 2.75) is 52.5 Å². The third kappa shape index (κ3) is 9.75. The molecule has 7 heteroatoms. The summed E-state index contributed by atoms with van der Waals surface area (Å²) in [5.74, 6) is 0.902. The van der Waals surface area contributed by atoms with Crippen LogP contribution in [0.25, 0.3) is 0 Å².